The third kappa shape index (κ3) is 6.19. The molecule has 11 heteroatoms. The fourth-order valence-electron chi connectivity index (χ4n) is 5.99. The van der Waals surface area contributed by atoms with E-state index in [9.17, 15) is 5.11 Å². The van der Waals surface area contributed by atoms with E-state index in [1.165, 1.54) is 0 Å². The van der Waals surface area contributed by atoms with E-state index in [0.717, 1.165) is 74.1 Å². The first-order valence-corrected chi connectivity index (χ1v) is 14.4. The van der Waals surface area contributed by atoms with Crippen molar-refractivity contribution in [2.24, 2.45) is 0 Å². The molecule has 2 aliphatic rings. The van der Waals surface area contributed by atoms with Gasteiger partial charge < -0.3 is 19.7 Å². The molecule has 2 N–H and O–H groups in total. The summed E-state index contributed by atoms with van der Waals surface area (Å²) in [7, 11) is 0. The molecule has 4 heterocycles. The number of hydrogen-bond acceptors (Lipinski definition) is 10. The molecule has 0 saturated carbocycles. The molecule has 2 fully saturated rings. The highest BCUT2D eigenvalue weighted by Gasteiger charge is 2.35. The Labute approximate surface area is 235 Å². The van der Waals surface area contributed by atoms with Crippen molar-refractivity contribution in [2.45, 2.75) is 58.2 Å². The number of aromatic nitrogens is 4. The summed E-state index contributed by atoms with van der Waals surface area (Å²) >= 11 is 6.08. The van der Waals surface area contributed by atoms with E-state index in [0.29, 0.717) is 36.2 Å². The average Bonchev–Trinajstić information content (AvgIpc) is 3.43. The quantitative estimate of drug-likeness (QED) is 0.403. The van der Waals surface area contributed by atoms with Crippen molar-refractivity contribution in [3.05, 3.63) is 46.7 Å². The summed E-state index contributed by atoms with van der Waals surface area (Å²) in [5, 5.41) is 22.0. The van der Waals surface area contributed by atoms with Gasteiger partial charge in [-0.15, -0.1) is 5.10 Å². The van der Waals surface area contributed by atoms with Crippen LogP contribution in [0.5, 0.6) is 0 Å². The zero-order chi connectivity index (χ0) is 27.4. The lowest BCUT2D eigenvalue weighted by molar-refractivity contribution is 0.0356. The Morgan fingerprint density at radius 2 is 1.87 bits per heavy atom. The number of aliphatic hydroxyl groups excluding tert-OH is 1. The van der Waals surface area contributed by atoms with Crippen LogP contribution in [0.4, 0.5) is 11.8 Å². The highest BCUT2D eigenvalue weighted by Crippen LogP contribution is 2.30. The first-order valence-electron chi connectivity index (χ1n) is 14.0. The molecular weight excluding hydrogens is 516 g/mol. The summed E-state index contributed by atoms with van der Waals surface area (Å²) in [6.07, 6.45) is 5.02. The number of anilines is 2. The van der Waals surface area contributed by atoms with Crippen LogP contribution in [0.25, 0.3) is 11.6 Å². The van der Waals surface area contributed by atoms with Crippen LogP contribution < -0.4 is 10.2 Å². The summed E-state index contributed by atoms with van der Waals surface area (Å²) in [6.45, 7) is 11.9. The predicted octanol–water partition coefficient (Wildman–Crippen LogP) is 4.02. The highest BCUT2D eigenvalue weighted by molar-refractivity contribution is 6.30. The molecule has 1 aromatic carbocycles. The number of piperidine rings is 1. The van der Waals surface area contributed by atoms with Gasteiger partial charge in [-0.05, 0) is 50.8 Å². The van der Waals surface area contributed by atoms with Crippen LogP contribution in [0, 0.1) is 6.92 Å². The number of likely N-dealkylation sites (tertiary alicyclic amines) is 1. The molecule has 3 aromatic rings. The van der Waals surface area contributed by atoms with Gasteiger partial charge in [0.05, 0.1) is 24.5 Å². The van der Waals surface area contributed by atoms with Gasteiger partial charge in [-0.3, -0.25) is 9.80 Å². The van der Waals surface area contributed by atoms with Gasteiger partial charge in [0.1, 0.15) is 11.5 Å². The molecule has 2 saturated heterocycles. The Bertz CT molecular complexity index is 1210. The number of aliphatic hydroxyl groups is 1. The zero-order valence-electron chi connectivity index (χ0n) is 23.1. The largest absolute Gasteiger partial charge is 0.402 e. The van der Waals surface area contributed by atoms with Crippen molar-refractivity contribution >= 4 is 23.4 Å². The van der Waals surface area contributed by atoms with Crippen LogP contribution in [0.3, 0.4) is 0 Å². The maximum absolute atomic E-state index is 10.1. The number of hydrogen-bond donors (Lipinski definition) is 2. The number of benzene rings is 1. The Hall–Kier alpha value is -2.79. The van der Waals surface area contributed by atoms with Crippen LogP contribution in [-0.4, -0.2) is 93.0 Å². The highest BCUT2D eigenvalue weighted by atomic mass is 35.5. The van der Waals surface area contributed by atoms with Gasteiger partial charge in [0, 0.05) is 56.4 Å². The monoisotopic (exact) mass is 554 g/mol. The van der Waals surface area contributed by atoms with Gasteiger partial charge in [0.25, 0.3) is 5.89 Å². The topological polar surface area (TPSA) is 107 Å². The van der Waals surface area contributed by atoms with Crippen LogP contribution >= 0.6 is 11.6 Å². The average molecular weight is 555 g/mol. The van der Waals surface area contributed by atoms with E-state index >= 15 is 0 Å². The van der Waals surface area contributed by atoms with E-state index in [1.54, 1.807) is 6.20 Å². The summed E-state index contributed by atoms with van der Waals surface area (Å²) < 4.78 is 5.65. The lowest BCUT2D eigenvalue weighted by atomic mass is 9.96. The molecule has 10 nitrogen and oxygen atoms in total. The SMILES string of the molecule is CCNc1nnc(-c2cnc(N3CCN(C4CCN([C@H](CO)c5ccc(Cl)cc5)CC4)[C@@H](CC)C3)c(C)n2)o1. The minimum atomic E-state index is 0.0215. The fourth-order valence-corrected chi connectivity index (χ4v) is 6.12. The van der Waals surface area contributed by atoms with Gasteiger partial charge in [-0.2, -0.15) is 0 Å². The Kier molecular flexibility index (Phi) is 8.96. The zero-order valence-corrected chi connectivity index (χ0v) is 23.8. The number of halogens is 1. The maximum Gasteiger partial charge on any atom is 0.315 e. The first-order chi connectivity index (χ1) is 19.0. The van der Waals surface area contributed by atoms with Crippen LogP contribution in [0.2, 0.25) is 5.02 Å². The predicted molar refractivity (Wildman–Crippen MR) is 153 cm³/mol. The van der Waals surface area contributed by atoms with Crippen molar-refractivity contribution in [3.8, 4) is 11.6 Å². The van der Waals surface area contributed by atoms with Gasteiger partial charge >= 0.3 is 6.01 Å². The van der Waals surface area contributed by atoms with Crippen LogP contribution in [0.1, 0.15) is 50.4 Å². The van der Waals surface area contributed by atoms with Crippen molar-refractivity contribution < 1.29 is 9.52 Å². The fraction of sp³-hybridized carbons (Fsp3) is 0.571. The van der Waals surface area contributed by atoms with Crippen molar-refractivity contribution in [1.29, 1.82) is 0 Å². The van der Waals surface area contributed by atoms with Crippen molar-refractivity contribution in [3.63, 3.8) is 0 Å². The molecule has 0 unspecified atom stereocenters. The maximum atomic E-state index is 10.1. The molecule has 0 aliphatic carbocycles. The second-order valence-electron chi connectivity index (χ2n) is 10.4. The standard InChI is InChI=1S/C28H39ClN8O2/c1-4-22-17-36(26-19(3)32-24(16-31-26)27-33-34-28(39-27)30-5-2)14-15-37(22)23-10-12-35(13-11-23)25(18-38)20-6-8-21(29)9-7-20/h6-9,16,22-23,25,38H,4-5,10-15,17-18H2,1-3H3,(H,30,34)/t22-,25+/m0/s1. The number of nitrogens with one attached hydrogen (secondary N) is 1. The first kappa shape index (κ1) is 27.8. The number of piperazine rings is 1. The number of nitrogens with zero attached hydrogens (tertiary/aromatic N) is 7. The summed E-state index contributed by atoms with van der Waals surface area (Å²) in [6, 6.07) is 9.29. The molecule has 0 radical (unpaired) electrons. The van der Waals surface area contributed by atoms with E-state index in [2.05, 4.69) is 37.1 Å². The van der Waals surface area contributed by atoms with Crippen LogP contribution in [-0.2, 0) is 0 Å². The molecule has 0 spiro atoms. The smallest absolute Gasteiger partial charge is 0.315 e. The second kappa shape index (κ2) is 12.6. The summed E-state index contributed by atoms with van der Waals surface area (Å²) in [5.41, 5.74) is 2.58. The normalized spacial score (nSPS) is 20.3. The van der Waals surface area contributed by atoms with Gasteiger partial charge in [0.2, 0.25) is 0 Å². The lowest BCUT2D eigenvalue weighted by Crippen LogP contribution is -2.58. The second-order valence-corrected chi connectivity index (χ2v) is 10.8. The Morgan fingerprint density at radius 1 is 1.10 bits per heavy atom. The van der Waals surface area contributed by atoms with E-state index in [4.69, 9.17) is 26.0 Å². The van der Waals surface area contributed by atoms with E-state index < -0.39 is 0 Å². The van der Waals surface area contributed by atoms with Gasteiger partial charge in [0.15, 0.2) is 0 Å². The van der Waals surface area contributed by atoms with E-state index in [1.807, 2.05) is 38.1 Å². The number of rotatable bonds is 9. The van der Waals surface area contributed by atoms with Crippen LogP contribution in [0.15, 0.2) is 34.9 Å². The third-order valence-corrected chi connectivity index (χ3v) is 8.28. The molecule has 5 rings (SSSR count). The minimum absolute atomic E-state index is 0.0215. The summed E-state index contributed by atoms with van der Waals surface area (Å²) in [5.74, 6) is 1.29. The van der Waals surface area contributed by atoms with Crippen molar-refractivity contribution in [1.82, 2.24) is 30.0 Å². The molecule has 0 amide bonds. The minimum Gasteiger partial charge on any atom is -0.402 e. The summed E-state index contributed by atoms with van der Waals surface area (Å²) in [4.78, 5) is 17.0. The Morgan fingerprint density at radius 3 is 2.54 bits per heavy atom. The van der Waals surface area contributed by atoms with Gasteiger partial charge in [-0.1, -0.05) is 35.8 Å². The van der Waals surface area contributed by atoms with Crippen molar-refractivity contribution in [2.75, 3.05) is 56.1 Å². The molecule has 210 valence electrons. The molecule has 39 heavy (non-hydrogen) atoms. The number of aryl methyl sites for hydroxylation is 1. The Balaban J connectivity index is 1.20. The third-order valence-electron chi connectivity index (χ3n) is 8.03. The molecular formula is C28H39ClN8O2. The molecule has 2 atom stereocenters. The lowest BCUT2D eigenvalue weighted by Gasteiger charge is -2.48. The van der Waals surface area contributed by atoms with Gasteiger partial charge in [-0.25, -0.2) is 9.97 Å². The molecule has 2 aliphatic heterocycles. The van der Waals surface area contributed by atoms with E-state index in [-0.39, 0.29) is 12.6 Å². The molecule has 2 aromatic heterocycles. The molecule has 0 bridgehead atoms.